The molecular formula is C23H23N2O2P. The van der Waals surface area contributed by atoms with E-state index in [-0.39, 0.29) is 6.04 Å². The summed E-state index contributed by atoms with van der Waals surface area (Å²) < 4.78 is 19.9. The van der Waals surface area contributed by atoms with Gasteiger partial charge in [0.15, 0.2) is 0 Å². The van der Waals surface area contributed by atoms with E-state index in [1.165, 1.54) is 0 Å². The lowest BCUT2D eigenvalue weighted by Gasteiger charge is -2.19. The van der Waals surface area contributed by atoms with Crippen LogP contribution in [0.1, 0.15) is 24.7 Å². The molecule has 0 fully saturated rings. The molecule has 1 atom stereocenters. The first-order chi connectivity index (χ1) is 13.7. The van der Waals surface area contributed by atoms with Crippen LogP contribution in [0, 0.1) is 0 Å². The van der Waals surface area contributed by atoms with E-state index in [2.05, 4.69) is 11.9 Å². The van der Waals surface area contributed by atoms with Gasteiger partial charge in [0.05, 0.1) is 12.2 Å². The summed E-state index contributed by atoms with van der Waals surface area (Å²) in [6.07, 6.45) is 1.31. The Kier molecular flexibility index (Phi) is 5.40. The van der Waals surface area contributed by atoms with Crippen molar-refractivity contribution >= 4 is 23.6 Å². The summed E-state index contributed by atoms with van der Waals surface area (Å²) in [5, 5.41) is 1.68. The monoisotopic (exact) mass is 390 g/mol. The molecule has 0 N–H and O–H groups in total. The second kappa shape index (κ2) is 8.12. The van der Waals surface area contributed by atoms with E-state index in [0.717, 1.165) is 22.7 Å². The van der Waals surface area contributed by atoms with Crippen molar-refractivity contribution in [2.24, 2.45) is 4.99 Å². The maximum atomic E-state index is 14.2. The zero-order valence-electron chi connectivity index (χ0n) is 15.9. The minimum Gasteiger partial charge on any atom is -0.474 e. The van der Waals surface area contributed by atoms with Gasteiger partial charge in [0.1, 0.15) is 19.4 Å². The lowest BCUT2D eigenvalue weighted by Crippen LogP contribution is -2.18. The van der Waals surface area contributed by atoms with Gasteiger partial charge in [-0.25, -0.2) is 9.98 Å². The molecule has 0 spiro atoms. The third-order valence-electron chi connectivity index (χ3n) is 4.94. The highest BCUT2D eigenvalue weighted by molar-refractivity contribution is 7.78. The molecule has 1 aliphatic rings. The van der Waals surface area contributed by atoms with Gasteiger partial charge in [-0.3, -0.25) is 0 Å². The van der Waals surface area contributed by atoms with Crippen molar-refractivity contribution in [1.29, 1.82) is 0 Å². The molecule has 1 unspecified atom stereocenters. The number of aliphatic imine (C=N–C) groups is 1. The van der Waals surface area contributed by atoms with Crippen LogP contribution < -0.4 is 10.6 Å². The van der Waals surface area contributed by atoms with Gasteiger partial charge in [-0.15, -0.1) is 0 Å². The molecule has 4 nitrogen and oxygen atoms in total. The van der Waals surface area contributed by atoms with E-state index in [4.69, 9.17) is 9.72 Å². The highest BCUT2D eigenvalue weighted by atomic mass is 31.2. The van der Waals surface area contributed by atoms with Crippen LogP contribution in [0.25, 0.3) is 0 Å². The van der Waals surface area contributed by atoms with Crippen LogP contribution in [0.2, 0.25) is 0 Å². The van der Waals surface area contributed by atoms with Crippen LogP contribution in [0.5, 0.6) is 0 Å². The van der Waals surface area contributed by atoms with Gasteiger partial charge in [-0.2, -0.15) is 0 Å². The van der Waals surface area contributed by atoms with Crippen LogP contribution in [-0.4, -0.2) is 23.5 Å². The van der Waals surface area contributed by atoms with Crippen molar-refractivity contribution in [2.75, 3.05) is 6.61 Å². The van der Waals surface area contributed by atoms with E-state index in [1.807, 2.05) is 78.9 Å². The first-order valence-electron chi connectivity index (χ1n) is 9.56. The Balaban J connectivity index is 1.71. The maximum Gasteiger partial charge on any atom is 0.235 e. The van der Waals surface area contributed by atoms with E-state index >= 15 is 0 Å². The van der Waals surface area contributed by atoms with Gasteiger partial charge in [0, 0.05) is 16.3 Å². The number of hydrogen-bond acceptors (Lipinski definition) is 4. The molecule has 1 aromatic heterocycles. The van der Waals surface area contributed by atoms with Crippen molar-refractivity contribution in [3.05, 3.63) is 90.3 Å². The molecule has 0 saturated heterocycles. The standard InChI is InChI=1S/C23H23N2O2P/c1-2-18-16-27-23(25-18)22-15-9-10-19(24-22)17-28(26,20-11-5-3-6-12-20)21-13-7-4-8-14-21/h3-15,18H,2,16-17H2,1H3. The first kappa shape index (κ1) is 18.6. The Labute approximate surface area is 165 Å². The molecule has 2 heterocycles. The van der Waals surface area contributed by atoms with Gasteiger partial charge in [-0.05, 0) is 18.6 Å². The van der Waals surface area contributed by atoms with E-state index in [0.29, 0.717) is 24.4 Å². The van der Waals surface area contributed by atoms with Crippen molar-refractivity contribution in [1.82, 2.24) is 4.98 Å². The summed E-state index contributed by atoms with van der Waals surface area (Å²) in [6, 6.07) is 25.3. The third kappa shape index (κ3) is 3.79. The van der Waals surface area contributed by atoms with E-state index < -0.39 is 7.14 Å². The summed E-state index contributed by atoms with van der Waals surface area (Å²) in [4.78, 5) is 9.33. The van der Waals surface area contributed by atoms with Gasteiger partial charge in [0.25, 0.3) is 0 Å². The summed E-state index contributed by atoms with van der Waals surface area (Å²) in [6.45, 7) is 2.70. The summed E-state index contributed by atoms with van der Waals surface area (Å²) in [5.41, 5.74) is 1.49. The summed E-state index contributed by atoms with van der Waals surface area (Å²) in [5.74, 6) is 0.586. The second-order valence-electron chi connectivity index (χ2n) is 6.89. The van der Waals surface area contributed by atoms with E-state index in [1.54, 1.807) is 0 Å². The predicted octanol–water partition coefficient (Wildman–Crippen LogP) is 4.15. The van der Waals surface area contributed by atoms with Crippen molar-refractivity contribution < 1.29 is 9.30 Å². The zero-order valence-corrected chi connectivity index (χ0v) is 16.8. The molecule has 0 amide bonds. The Hall–Kier alpha value is -2.71. The van der Waals surface area contributed by atoms with Gasteiger partial charge < -0.3 is 9.30 Å². The number of hydrogen-bond donors (Lipinski definition) is 0. The van der Waals surface area contributed by atoms with Gasteiger partial charge in [-0.1, -0.05) is 73.7 Å². The Bertz CT molecular complexity index is 976. The summed E-state index contributed by atoms with van der Waals surface area (Å²) >= 11 is 0. The molecule has 28 heavy (non-hydrogen) atoms. The highest BCUT2D eigenvalue weighted by Gasteiger charge is 2.28. The number of pyridine rings is 1. The molecule has 3 aromatic rings. The lowest BCUT2D eigenvalue weighted by atomic mass is 10.3. The number of aromatic nitrogens is 1. The molecule has 1 aliphatic heterocycles. The Morgan fingerprint density at radius 1 is 0.929 bits per heavy atom. The fourth-order valence-corrected chi connectivity index (χ4v) is 5.95. The molecule has 0 aliphatic carbocycles. The maximum absolute atomic E-state index is 14.2. The van der Waals surface area contributed by atoms with Crippen LogP contribution in [0.3, 0.4) is 0 Å². The van der Waals surface area contributed by atoms with E-state index in [9.17, 15) is 4.57 Å². The van der Waals surface area contributed by atoms with Crippen LogP contribution in [0.4, 0.5) is 0 Å². The molecule has 142 valence electrons. The number of benzene rings is 2. The van der Waals surface area contributed by atoms with Crippen molar-refractivity contribution in [3.63, 3.8) is 0 Å². The molecule has 0 radical (unpaired) electrons. The molecule has 4 rings (SSSR count). The topological polar surface area (TPSA) is 51.5 Å². The zero-order chi connectivity index (χ0) is 19.4. The molecule has 0 saturated carbocycles. The fourth-order valence-electron chi connectivity index (χ4n) is 3.35. The van der Waals surface area contributed by atoms with Gasteiger partial charge in [0.2, 0.25) is 5.90 Å². The van der Waals surface area contributed by atoms with Gasteiger partial charge >= 0.3 is 0 Å². The predicted molar refractivity (Wildman–Crippen MR) is 114 cm³/mol. The quantitative estimate of drug-likeness (QED) is 0.594. The van der Waals surface area contributed by atoms with Crippen LogP contribution in [-0.2, 0) is 15.5 Å². The first-order valence-corrected chi connectivity index (χ1v) is 11.5. The molecule has 0 bridgehead atoms. The Morgan fingerprint density at radius 3 is 2.14 bits per heavy atom. The fraction of sp³-hybridized carbons (Fsp3) is 0.217. The lowest BCUT2D eigenvalue weighted by molar-refractivity contribution is 0.314. The average molecular weight is 390 g/mol. The van der Waals surface area contributed by atoms with Crippen molar-refractivity contribution in [3.8, 4) is 0 Å². The third-order valence-corrected chi connectivity index (χ3v) is 7.97. The highest BCUT2D eigenvalue weighted by Crippen LogP contribution is 2.46. The molecular weight excluding hydrogens is 367 g/mol. The SMILES string of the molecule is CCC1COC(c2cccc(CP(=O)(c3ccccc3)c3ccccc3)n2)=N1. The number of ether oxygens (including phenoxy) is 1. The minimum absolute atomic E-state index is 0.195. The normalized spacial score (nSPS) is 16.5. The largest absolute Gasteiger partial charge is 0.474 e. The second-order valence-corrected chi connectivity index (χ2v) is 9.72. The average Bonchev–Trinajstić information content (AvgIpc) is 3.25. The minimum atomic E-state index is -2.86. The van der Waals surface area contributed by atoms with Crippen molar-refractivity contribution in [2.45, 2.75) is 25.5 Å². The van der Waals surface area contributed by atoms with Crippen LogP contribution >= 0.6 is 7.14 Å². The number of nitrogens with zero attached hydrogens (tertiary/aromatic N) is 2. The van der Waals surface area contributed by atoms with Crippen LogP contribution in [0.15, 0.2) is 83.9 Å². The smallest absolute Gasteiger partial charge is 0.235 e. The number of rotatable bonds is 6. The summed E-state index contributed by atoms with van der Waals surface area (Å²) in [7, 11) is -2.86. The molecule has 5 heteroatoms. The Morgan fingerprint density at radius 2 is 1.57 bits per heavy atom. The molecule has 2 aromatic carbocycles.